The number of thioether (sulfide) groups is 1. The molecule has 0 fully saturated rings. The Hall–Kier alpha value is -3.40. The van der Waals surface area contributed by atoms with Gasteiger partial charge in [-0.15, -0.1) is 10.2 Å². The fraction of sp³-hybridized carbons (Fsp3) is 0.273. The SMILES string of the molecule is C=CCOc1ccc([C@H](C[N+](=O)[O-])Sc2nnc(C)n2-c2ccc(F)cc2)cc1OCC. The normalized spacial score (nSPS) is 11.7. The van der Waals surface area contributed by atoms with E-state index in [4.69, 9.17) is 9.47 Å². The molecule has 168 valence electrons. The number of aromatic nitrogens is 3. The zero-order valence-electron chi connectivity index (χ0n) is 17.7. The van der Waals surface area contributed by atoms with Gasteiger partial charge in [-0.3, -0.25) is 14.7 Å². The summed E-state index contributed by atoms with van der Waals surface area (Å²) in [5.41, 5.74) is 1.35. The van der Waals surface area contributed by atoms with Crippen LogP contribution in [0.15, 0.2) is 60.3 Å². The van der Waals surface area contributed by atoms with Gasteiger partial charge in [0, 0.05) is 10.6 Å². The lowest BCUT2D eigenvalue weighted by Gasteiger charge is -2.17. The zero-order chi connectivity index (χ0) is 23.1. The van der Waals surface area contributed by atoms with Gasteiger partial charge >= 0.3 is 0 Å². The molecule has 0 unspecified atom stereocenters. The van der Waals surface area contributed by atoms with Crippen LogP contribution >= 0.6 is 11.8 Å². The summed E-state index contributed by atoms with van der Waals surface area (Å²) in [5, 5.41) is 19.6. The number of hydrogen-bond acceptors (Lipinski definition) is 7. The van der Waals surface area contributed by atoms with E-state index >= 15 is 0 Å². The van der Waals surface area contributed by atoms with Gasteiger partial charge < -0.3 is 9.47 Å². The van der Waals surface area contributed by atoms with E-state index in [1.807, 2.05) is 6.92 Å². The Kier molecular flexibility index (Phi) is 7.82. The van der Waals surface area contributed by atoms with Crippen molar-refractivity contribution in [1.82, 2.24) is 14.8 Å². The third-order valence-electron chi connectivity index (χ3n) is 4.44. The highest BCUT2D eigenvalue weighted by Gasteiger charge is 2.25. The zero-order valence-corrected chi connectivity index (χ0v) is 18.5. The fourth-order valence-electron chi connectivity index (χ4n) is 3.04. The number of aryl methyl sites for hydroxylation is 1. The van der Waals surface area contributed by atoms with Gasteiger partial charge in [-0.2, -0.15) is 0 Å². The van der Waals surface area contributed by atoms with Gasteiger partial charge in [0.05, 0.1) is 6.61 Å². The summed E-state index contributed by atoms with van der Waals surface area (Å²) in [6.07, 6.45) is 1.62. The monoisotopic (exact) mass is 458 g/mol. The smallest absolute Gasteiger partial charge is 0.220 e. The fourth-order valence-corrected chi connectivity index (χ4v) is 4.21. The minimum Gasteiger partial charge on any atom is -0.490 e. The Morgan fingerprint density at radius 3 is 2.62 bits per heavy atom. The maximum absolute atomic E-state index is 13.4. The predicted molar refractivity (Wildman–Crippen MR) is 120 cm³/mol. The summed E-state index contributed by atoms with van der Waals surface area (Å²) in [5.74, 6) is 1.26. The second-order valence-electron chi connectivity index (χ2n) is 6.70. The van der Waals surface area contributed by atoms with Crippen molar-refractivity contribution in [2.24, 2.45) is 0 Å². The van der Waals surface area contributed by atoms with Crippen molar-refractivity contribution in [2.75, 3.05) is 19.8 Å². The lowest BCUT2D eigenvalue weighted by molar-refractivity contribution is -0.479. The van der Waals surface area contributed by atoms with Gasteiger partial charge in [0.2, 0.25) is 6.54 Å². The molecule has 0 amide bonds. The van der Waals surface area contributed by atoms with Crippen LogP contribution in [-0.2, 0) is 0 Å². The van der Waals surface area contributed by atoms with Crippen molar-refractivity contribution >= 4 is 11.8 Å². The Bertz CT molecular complexity index is 1090. The van der Waals surface area contributed by atoms with Gasteiger partial charge in [0.1, 0.15) is 23.5 Å². The molecule has 0 saturated carbocycles. The molecule has 32 heavy (non-hydrogen) atoms. The summed E-state index contributed by atoms with van der Waals surface area (Å²) in [7, 11) is 0. The first kappa shape index (κ1) is 23.3. The van der Waals surface area contributed by atoms with Gasteiger partial charge in [-0.25, -0.2) is 4.39 Å². The highest BCUT2D eigenvalue weighted by Crippen LogP contribution is 2.39. The number of nitrogens with zero attached hydrogens (tertiary/aromatic N) is 4. The minimum absolute atomic E-state index is 0.312. The molecule has 1 aromatic heterocycles. The minimum atomic E-state index is -0.569. The molecule has 0 spiro atoms. The molecular weight excluding hydrogens is 435 g/mol. The average molecular weight is 459 g/mol. The van der Waals surface area contributed by atoms with Crippen LogP contribution in [0.4, 0.5) is 4.39 Å². The Labute approximate surface area is 189 Å². The van der Waals surface area contributed by atoms with Crippen LogP contribution < -0.4 is 9.47 Å². The lowest BCUT2D eigenvalue weighted by atomic mass is 10.1. The van der Waals surface area contributed by atoms with Gasteiger partial charge in [0.15, 0.2) is 16.7 Å². The number of rotatable bonds is 11. The van der Waals surface area contributed by atoms with E-state index in [1.165, 1.54) is 23.9 Å². The number of ether oxygens (including phenoxy) is 2. The van der Waals surface area contributed by atoms with Crippen LogP contribution in [0.2, 0.25) is 0 Å². The highest BCUT2D eigenvalue weighted by atomic mass is 32.2. The van der Waals surface area contributed by atoms with E-state index in [1.54, 1.807) is 47.9 Å². The molecule has 0 saturated heterocycles. The molecule has 0 N–H and O–H groups in total. The molecule has 0 aliphatic rings. The van der Waals surface area contributed by atoms with Crippen LogP contribution in [0.25, 0.3) is 5.69 Å². The average Bonchev–Trinajstić information content (AvgIpc) is 3.13. The van der Waals surface area contributed by atoms with Crippen LogP contribution in [0.5, 0.6) is 11.5 Å². The van der Waals surface area contributed by atoms with Crippen LogP contribution in [0.1, 0.15) is 23.6 Å². The van der Waals surface area contributed by atoms with Gasteiger partial charge in [0.25, 0.3) is 0 Å². The Morgan fingerprint density at radius 2 is 1.97 bits per heavy atom. The van der Waals surface area contributed by atoms with Gasteiger partial charge in [-0.05, 0) is 55.8 Å². The summed E-state index contributed by atoms with van der Waals surface area (Å²) >= 11 is 1.21. The maximum Gasteiger partial charge on any atom is 0.220 e. The number of nitro groups is 1. The summed E-state index contributed by atoms with van der Waals surface area (Å²) in [6, 6.07) is 11.1. The summed E-state index contributed by atoms with van der Waals surface area (Å²) in [4.78, 5) is 11.1. The molecule has 1 atom stereocenters. The lowest BCUT2D eigenvalue weighted by Crippen LogP contribution is -2.11. The third-order valence-corrected chi connectivity index (χ3v) is 5.62. The molecule has 3 aromatic rings. The van der Waals surface area contributed by atoms with Crippen molar-refractivity contribution in [3.05, 3.63) is 82.4 Å². The molecule has 8 nitrogen and oxygen atoms in total. The first-order chi connectivity index (χ1) is 15.4. The third kappa shape index (κ3) is 5.64. The second-order valence-corrected chi connectivity index (χ2v) is 7.87. The van der Waals surface area contributed by atoms with Crippen molar-refractivity contribution < 1.29 is 18.8 Å². The molecule has 0 radical (unpaired) electrons. The number of benzene rings is 2. The van der Waals surface area contributed by atoms with Crippen LogP contribution in [0, 0.1) is 22.9 Å². The predicted octanol–water partition coefficient (Wildman–Crippen LogP) is 4.79. The molecule has 0 bridgehead atoms. The van der Waals surface area contributed by atoms with E-state index < -0.39 is 5.25 Å². The standard InChI is InChI=1S/C22H23FN4O4S/c1-4-12-31-19-11-6-16(13-20(19)30-5-2)21(14-26(28)29)32-22-25-24-15(3)27(22)18-9-7-17(23)8-10-18/h4,6-11,13,21H,1,5,12,14H2,2-3H3/t21-/m0/s1. The largest absolute Gasteiger partial charge is 0.490 e. The van der Waals surface area contributed by atoms with Crippen molar-refractivity contribution in [3.63, 3.8) is 0 Å². The number of hydrogen-bond donors (Lipinski definition) is 0. The number of halogens is 1. The molecule has 3 rings (SSSR count). The molecule has 1 heterocycles. The maximum atomic E-state index is 13.4. The first-order valence-electron chi connectivity index (χ1n) is 9.89. The Morgan fingerprint density at radius 1 is 1.22 bits per heavy atom. The van der Waals surface area contributed by atoms with Crippen LogP contribution in [0.3, 0.4) is 0 Å². The van der Waals surface area contributed by atoms with Gasteiger partial charge in [-0.1, -0.05) is 30.5 Å². The van der Waals surface area contributed by atoms with Crippen LogP contribution in [-0.4, -0.2) is 39.4 Å². The van der Waals surface area contributed by atoms with E-state index in [9.17, 15) is 14.5 Å². The van der Waals surface area contributed by atoms with Crippen molar-refractivity contribution in [3.8, 4) is 17.2 Å². The Balaban J connectivity index is 1.97. The van der Waals surface area contributed by atoms with E-state index in [2.05, 4.69) is 16.8 Å². The topological polar surface area (TPSA) is 92.3 Å². The van der Waals surface area contributed by atoms with E-state index in [0.29, 0.717) is 46.9 Å². The quantitative estimate of drug-likeness (QED) is 0.177. The second kappa shape index (κ2) is 10.8. The molecule has 10 heteroatoms. The molecule has 0 aliphatic carbocycles. The van der Waals surface area contributed by atoms with Crippen molar-refractivity contribution in [2.45, 2.75) is 24.3 Å². The first-order valence-corrected chi connectivity index (χ1v) is 10.8. The molecule has 0 aliphatic heterocycles. The molecule has 2 aromatic carbocycles. The van der Waals surface area contributed by atoms with Crippen molar-refractivity contribution in [1.29, 1.82) is 0 Å². The molecular formula is C22H23FN4O4S. The van der Waals surface area contributed by atoms with E-state index in [-0.39, 0.29) is 17.3 Å². The summed E-state index contributed by atoms with van der Waals surface area (Å²) < 4.78 is 26.4. The van der Waals surface area contributed by atoms with E-state index in [0.717, 1.165) is 0 Å². The highest BCUT2D eigenvalue weighted by molar-refractivity contribution is 7.99. The summed E-state index contributed by atoms with van der Waals surface area (Å²) in [6.45, 7) is 7.64.